The molecule has 2 aromatic rings. The molecule has 98 valence electrons. The van der Waals surface area contributed by atoms with Gasteiger partial charge in [-0.2, -0.15) is 5.26 Å². The summed E-state index contributed by atoms with van der Waals surface area (Å²) in [5.41, 5.74) is 1.33. The van der Waals surface area contributed by atoms with Crippen molar-refractivity contribution in [2.75, 3.05) is 19.0 Å². The number of aryl methyl sites for hydroxylation is 1. The summed E-state index contributed by atoms with van der Waals surface area (Å²) in [6, 6.07) is 7.58. The number of rotatable bonds is 5. The summed E-state index contributed by atoms with van der Waals surface area (Å²) in [5, 5.41) is 12.4. The van der Waals surface area contributed by atoms with Gasteiger partial charge < -0.3 is 14.6 Å². The minimum atomic E-state index is 0.585. The number of hydrogen-bond donors (Lipinski definition) is 1. The summed E-state index contributed by atoms with van der Waals surface area (Å²) in [7, 11) is 1.60. The van der Waals surface area contributed by atoms with Gasteiger partial charge >= 0.3 is 0 Å². The predicted molar refractivity (Wildman–Crippen MR) is 73.2 cm³/mol. The highest BCUT2D eigenvalue weighted by atomic mass is 16.5. The fourth-order valence-corrected chi connectivity index (χ4v) is 1.92. The zero-order valence-electron chi connectivity index (χ0n) is 11.1. The fourth-order valence-electron chi connectivity index (χ4n) is 1.92. The van der Waals surface area contributed by atoms with E-state index in [4.69, 9.17) is 10.00 Å². The van der Waals surface area contributed by atoms with Gasteiger partial charge in [-0.1, -0.05) is 6.07 Å². The van der Waals surface area contributed by atoms with Crippen LogP contribution in [0.1, 0.15) is 11.4 Å². The van der Waals surface area contributed by atoms with Crippen LogP contribution in [-0.4, -0.2) is 23.2 Å². The van der Waals surface area contributed by atoms with Crippen LogP contribution in [0.3, 0.4) is 0 Å². The number of imidazole rings is 1. The summed E-state index contributed by atoms with van der Waals surface area (Å²) < 4.78 is 7.32. The van der Waals surface area contributed by atoms with Crippen LogP contribution in [-0.2, 0) is 6.54 Å². The lowest BCUT2D eigenvalue weighted by Crippen LogP contribution is -2.12. The summed E-state index contributed by atoms with van der Waals surface area (Å²) in [6.45, 7) is 3.45. The van der Waals surface area contributed by atoms with Crippen molar-refractivity contribution in [2.24, 2.45) is 0 Å². The van der Waals surface area contributed by atoms with Crippen molar-refractivity contribution in [3.05, 3.63) is 42.0 Å². The number of benzene rings is 1. The number of ether oxygens (including phenoxy) is 1. The van der Waals surface area contributed by atoms with Gasteiger partial charge in [0.05, 0.1) is 18.4 Å². The first kappa shape index (κ1) is 13.0. The van der Waals surface area contributed by atoms with Crippen molar-refractivity contribution in [3.8, 4) is 11.8 Å². The van der Waals surface area contributed by atoms with E-state index in [1.165, 1.54) is 0 Å². The number of nitrogens with one attached hydrogen (secondary N) is 1. The molecule has 0 spiro atoms. The standard InChI is InChI=1S/C14H16N4O/c1-11-16-6-8-18(11)9-7-17-14-12(10-15)4-3-5-13(14)19-2/h3-6,8,17H,7,9H2,1-2H3. The van der Waals surface area contributed by atoms with Crippen LogP contribution in [0.15, 0.2) is 30.6 Å². The van der Waals surface area contributed by atoms with Crippen LogP contribution in [0, 0.1) is 18.3 Å². The van der Waals surface area contributed by atoms with Gasteiger partial charge in [-0.15, -0.1) is 0 Å². The molecule has 0 aliphatic heterocycles. The molecule has 1 N–H and O–H groups in total. The second-order valence-corrected chi connectivity index (χ2v) is 4.09. The van der Waals surface area contributed by atoms with E-state index >= 15 is 0 Å². The smallest absolute Gasteiger partial charge is 0.143 e. The number of para-hydroxylation sites is 1. The Morgan fingerprint density at radius 3 is 2.95 bits per heavy atom. The first-order valence-corrected chi connectivity index (χ1v) is 6.05. The number of nitrogens with zero attached hydrogens (tertiary/aromatic N) is 3. The Labute approximate surface area is 112 Å². The molecule has 2 rings (SSSR count). The van der Waals surface area contributed by atoms with Crippen LogP contribution >= 0.6 is 0 Å². The molecule has 0 saturated heterocycles. The first-order valence-electron chi connectivity index (χ1n) is 6.05. The Balaban J connectivity index is 2.07. The van der Waals surface area contributed by atoms with E-state index in [9.17, 15) is 0 Å². The Hall–Kier alpha value is -2.48. The predicted octanol–water partition coefficient (Wildman–Crippen LogP) is 2.18. The normalized spacial score (nSPS) is 9.95. The monoisotopic (exact) mass is 256 g/mol. The van der Waals surface area contributed by atoms with Gasteiger partial charge in [0.2, 0.25) is 0 Å². The average Bonchev–Trinajstić information content (AvgIpc) is 2.84. The zero-order chi connectivity index (χ0) is 13.7. The largest absolute Gasteiger partial charge is 0.495 e. The molecule has 0 fully saturated rings. The van der Waals surface area contributed by atoms with E-state index in [-0.39, 0.29) is 0 Å². The lowest BCUT2D eigenvalue weighted by molar-refractivity contribution is 0.416. The summed E-state index contributed by atoms with van der Waals surface area (Å²) in [5.74, 6) is 1.66. The first-order chi connectivity index (χ1) is 9.26. The van der Waals surface area contributed by atoms with E-state index in [2.05, 4.69) is 20.9 Å². The summed E-state index contributed by atoms with van der Waals surface area (Å²) in [4.78, 5) is 4.17. The maximum Gasteiger partial charge on any atom is 0.143 e. The molecule has 19 heavy (non-hydrogen) atoms. The number of hydrogen-bond acceptors (Lipinski definition) is 4. The molecule has 0 atom stereocenters. The van der Waals surface area contributed by atoms with E-state index in [1.54, 1.807) is 19.4 Å². The van der Waals surface area contributed by atoms with E-state index in [0.717, 1.165) is 18.1 Å². The molecule has 1 aromatic heterocycles. The molecule has 5 nitrogen and oxygen atoms in total. The molecule has 0 amide bonds. The average molecular weight is 256 g/mol. The van der Waals surface area contributed by atoms with Gasteiger partial charge in [0, 0.05) is 25.5 Å². The molecule has 0 aliphatic rings. The van der Waals surface area contributed by atoms with Gasteiger partial charge in [-0.25, -0.2) is 4.98 Å². The van der Waals surface area contributed by atoms with Crippen molar-refractivity contribution in [1.82, 2.24) is 9.55 Å². The highest BCUT2D eigenvalue weighted by Crippen LogP contribution is 2.27. The Morgan fingerprint density at radius 2 is 2.32 bits per heavy atom. The maximum absolute atomic E-state index is 9.11. The third kappa shape index (κ3) is 2.86. The maximum atomic E-state index is 9.11. The highest BCUT2D eigenvalue weighted by Gasteiger charge is 2.08. The van der Waals surface area contributed by atoms with E-state index < -0.39 is 0 Å². The Morgan fingerprint density at radius 1 is 1.47 bits per heavy atom. The lowest BCUT2D eigenvalue weighted by Gasteiger charge is -2.13. The van der Waals surface area contributed by atoms with E-state index in [0.29, 0.717) is 17.9 Å². The van der Waals surface area contributed by atoms with Crippen molar-refractivity contribution in [3.63, 3.8) is 0 Å². The fraction of sp³-hybridized carbons (Fsp3) is 0.286. The number of anilines is 1. The van der Waals surface area contributed by atoms with E-state index in [1.807, 2.05) is 25.3 Å². The molecule has 0 radical (unpaired) electrons. The van der Waals surface area contributed by atoms with Crippen molar-refractivity contribution in [1.29, 1.82) is 5.26 Å². The minimum Gasteiger partial charge on any atom is -0.495 e. The number of nitriles is 1. The molecule has 5 heteroatoms. The molecule has 0 saturated carbocycles. The van der Waals surface area contributed by atoms with Crippen LogP contribution in [0.2, 0.25) is 0 Å². The Kier molecular flexibility index (Phi) is 4.04. The number of methoxy groups -OCH3 is 1. The Bertz CT molecular complexity index is 598. The zero-order valence-corrected chi connectivity index (χ0v) is 11.1. The van der Waals surface area contributed by atoms with Crippen molar-refractivity contribution < 1.29 is 4.74 Å². The van der Waals surface area contributed by atoms with Gasteiger partial charge in [-0.3, -0.25) is 0 Å². The molecule has 0 aliphatic carbocycles. The highest BCUT2D eigenvalue weighted by molar-refractivity contribution is 5.66. The quantitative estimate of drug-likeness (QED) is 0.890. The lowest BCUT2D eigenvalue weighted by atomic mass is 10.2. The molecule has 0 bridgehead atoms. The molecule has 1 heterocycles. The topological polar surface area (TPSA) is 62.9 Å². The molecule has 0 unspecified atom stereocenters. The molecule has 1 aromatic carbocycles. The summed E-state index contributed by atoms with van der Waals surface area (Å²) in [6.07, 6.45) is 3.71. The third-order valence-corrected chi connectivity index (χ3v) is 2.94. The minimum absolute atomic E-state index is 0.585. The second-order valence-electron chi connectivity index (χ2n) is 4.09. The van der Waals surface area contributed by atoms with Crippen LogP contribution in [0.4, 0.5) is 5.69 Å². The van der Waals surface area contributed by atoms with Crippen LogP contribution < -0.4 is 10.1 Å². The van der Waals surface area contributed by atoms with Crippen LogP contribution in [0.25, 0.3) is 0 Å². The number of aromatic nitrogens is 2. The van der Waals surface area contributed by atoms with Gasteiger partial charge in [0.15, 0.2) is 0 Å². The van der Waals surface area contributed by atoms with Crippen LogP contribution in [0.5, 0.6) is 5.75 Å². The van der Waals surface area contributed by atoms with Gasteiger partial charge in [0.1, 0.15) is 17.6 Å². The van der Waals surface area contributed by atoms with Gasteiger partial charge in [-0.05, 0) is 19.1 Å². The second kappa shape index (κ2) is 5.91. The SMILES string of the molecule is COc1cccc(C#N)c1NCCn1ccnc1C. The van der Waals surface area contributed by atoms with Gasteiger partial charge in [0.25, 0.3) is 0 Å². The molecular weight excluding hydrogens is 240 g/mol. The van der Waals surface area contributed by atoms with Crippen molar-refractivity contribution in [2.45, 2.75) is 13.5 Å². The third-order valence-electron chi connectivity index (χ3n) is 2.94. The molecular formula is C14H16N4O. The summed E-state index contributed by atoms with van der Waals surface area (Å²) >= 11 is 0. The van der Waals surface area contributed by atoms with Crippen molar-refractivity contribution >= 4 is 5.69 Å².